The highest BCUT2D eigenvalue weighted by atomic mass is 35.5. The van der Waals surface area contributed by atoms with Gasteiger partial charge in [-0.1, -0.05) is 102 Å². The Kier molecular flexibility index (Phi) is 6.05. The first-order valence-electron chi connectivity index (χ1n) is 10.3. The van der Waals surface area contributed by atoms with Crippen LogP contribution in [0.25, 0.3) is 22.3 Å². The molecule has 164 valence electrons. The second-order valence-electron chi connectivity index (χ2n) is 9.97. The van der Waals surface area contributed by atoms with Crippen LogP contribution in [0.4, 0.5) is 13.2 Å². The Morgan fingerprint density at radius 3 is 1.26 bits per heavy atom. The quantitative estimate of drug-likeness (QED) is 0.369. The third kappa shape index (κ3) is 4.82. The Morgan fingerprint density at radius 1 is 0.581 bits per heavy atom. The van der Waals surface area contributed by atoms with Gasteiger partial charge in [0.05, 0.1) is 10.6 Å². The minimum Gasteiger partial charge on any atom is -0.166 e. The molecule has 3 rings (SSSR count). The molecule has 0 aliphatic heterocycles. The zero-order chi connectivity index (χ0) is 23.2. The molecule has 0 bridgehead atoms. The molecule has 0 radical (unpaired) electrons. The Labute approximate surface area is 188 Å². The molecule has 0 aliphatic carbocycles. The van der Waals surface area contributed by atoms with Gasteiger partial charge in [0, 0.05) is 11.1 Å². The van der Waals surface area contributed by atoms with Crippen molar-refractivity contribution < 1.29 is 13.2 Å². The second kappa shape index (κ2) is 8.02. The van der Waals surface area contributed by atoms with Gasteiger partial charge in [-0.3, -0.25) is 0 Å². The van der Waals surface area contributed by atoms with Crippen LogP contribution in [-0.4, -0.2) is 0 Å². The van der Waals surface area contributed by atoms with E-state index in [1.165, 1.54) is 12.1 Å². The Balaban J connectivity index is 2.42. The standard InChI is InChI=1S/C27H28ClF3/c1-25(2,3)22-13-9-7-11-18(22)20-15-17(27(29,30)31)16-21(24(20)28)19-12-8-10-14-23(19)26(4,5)6/h7-16H,1-6H3. The largest absolute Gasteiger partial charge is 0.416 e. The number of hydrogen-bond donors (Lipinski definition) is 0. The van der Waals surface area contributed by atoms with Crippen LogP contribution in [0, 0.1) is 0 Å². The van der Waals surface area contributed by atoms with Gasteiger partial charge in [0.15, 0.2) is 0 Å². The van der Waals surface area contributed by atoms with Gasteiger partial charge in [-0.2, -0.15) is 13.2 Å². The average Bonchev–Trinajstić information content (AvgIpc) is 2.66. The summed E-state index contributed by atoms with van der Waals surface area (Å²) in [5.41, 5.74) is 2.95. The minimum atomic E-state index is -4.48. The van der Waals surface area contributed by atoms with E-state index in [1.54, 1.807) is 0 Å². The summed E-state index contributed by atoms with van der Waals surface area (Å²) < 4.78 is 41.8. The summed E-state index contributed by atoms with van der Waals surface area (Å²) in [5.74, 6) is 0. The van der Waals surface area contributed by atoms with Crippen LogP contribution in [0.1, 0.15) is 58.2 Å². The van der Waals surface area contributed by atoms with Crippen LogP contribution < -0.4 is 0 Å². The first-order chi connectivity index (χ1) is 14.2. The van der Waals surface area contributed by atoms with Gasteiger partial charge in [0.1, 0.15) is 0 Å². The topological polar surface area (TPSA) is 0 Å². The maximum absolute atomic E-state index is 13.9. The third-order valence-corrected chi connectivity index (χ3v) is 5.86. The van der Waals surface area contributed by atoms with Crippen molar-refractivity contribution in [3.8, 4) is 22.3 Å². The molecule has 31 heavy (non-hydrogen) atoms. The van der Waals surface area contributed by atoms with E-state index in [0.717, 1.165) is 22.3 Å². The van der Waals surface area contributed by atoms with Crippen LogP contribution >= 0.6 is 11.6 Å². The van der Waals surface area contributed by atoms with Gasteiger partial charge in [-0.25, -0.2) is 0 Å². The zero-order valence-corrected chi connectivity index (χ0v) is 19.5. The van der Waals surface area contributed by atoms with Gasteiger partial charge >= 0.3 is 6.18 Å². The lowest BCUT2D eigenvalue weighted by molar-refractivity contribution is -0.137. The Morgan fingerprint density at radius 2 is 0.935 bits per heavy atom. The predicted molar refractivity (Wildman–Crippen MR) is 125 cm³/mol. The van der Waals surface area contributed by atoms with E-state index in [1.807, 2.05) is 90.1 Å². The molecular formula is C27H28ClF3. The molecule has 0 nitrogen and oxygen atoms in total. The second-order valence-corrected chi connectivity index (χ2v) is 10.4. The maximum Gasteiger partial charge on any atom is 0.416 e. The maximum atomic E-state index is 13.9. The van der Waals surface area contributed by atoms with E-state index in [0.29, 0.717) is 16.1 Å². The summed E-state index contributed by atoms with van der Waals surface area (Å²) in [4.78, 5) is 0. The molecular weight excluding hydrogens is 417 g/mol. The van der Waals surface area contributed by atoms with Crippen molar-refractivity contribution in [2.45, 2.75) is 58.5 Å². The van der Waals surface area contributed by atoms with E-state index in [-0.39, 0.29) is 10.8 Å². The molecule has 4 heteroatoms. The van der Waals surface area contributed by atoms with E-state index in [4.69, 9.17) is 11.6 Å². The molecule has 0 aliphatic rings. The SMILES string of the molecule is CC(C)(C)c1ccccc1-c1cc(C(F)(F)F)cc(-c2ccccc2C(C)(C)C)c1Cl. The van der Waals surface area contributed by atoms with Crippen LogP contribution in [0.5, 0.6) is 0 Å². The van der Waals surface area contributed by atoms with Crippen molar-refractivity contribution >= 4 is 11.6 Å². The van der Waals surface area contributed by atoms with Gasteiger partial charge in [-0.05, 0) is 45.2 Å². The first kappa shape index (κ1) is 23.4. The van der Waals surface area contributed by atoms with Crippen molar-refractivity contribution in [2.75, 3.05) is 0 Å². The lowest BCUT2D eigenvalue weighted by Crippen LogP contribution is -2.14. The van der Waals surface area contributed by atoms with E-state index in [2.05, 4.69) is 0 Å². The number of alkyl halides is 3. The predicted octanol–water partition coefficient (Wildman–Crippen LogP) is 9.29. The Bertz CT molecular complexity index is 1020. The number of hydrogen-bond acceptors (Lipinski definition) is 0. The molecule has 0 spiro atoms. The highest BCUT2D eigenvalue weighted by Gasteiger charge is 2.34. The summed E-state index contributed by atoms with van der Waals surface area (Å²) in [6.07, 6.45) is -4.48. The normalized spacial score (nSPS) is 12.8. The van der Waals surface area contributed by atoms with Crippen molar-refractivity contribution in [1.82, 2.24) is 0 Å². The van der Waals surface area contributed by atoms with Crippen LogP contribution in [0.2, 0.25) is 5.02 Å². The lowest BCUT2D eigenvalue weighted by Gasteiger charge is -2.26. The highest BCUT2D eigenvalue weighted by Crippen LogP contribution is 2.46. The smallest absolute Gasteiger partial charge is 0.166 e. The highest BCUT2D eigenvalue weighted by molar-refractivity contribution is 6.36. The molecule has 0 amide bonds. The molecule has 0 unspecified atom stereocenters. The molecule has 0 fully saturated rings. The number of benzene rings is 3. The van der Waals surface area contributed by atoms with Gasteiger partial charge in [-0.15, -0.1) is 0 Å². The first-order valence-corrected chi connectivity index (χ1v) is 10.7. The number of halogens is 4. The van der Waals surface area contributed by atoms with E-state index >= 15 is 0 Å². The molecule has 0 heterocycles. The molecule has 3 aromatic carbocycles. The van der Waals surface area contributed by atoms with Crippen molar-refractivity contribution in [2.24, 2.45) is 0 Å². The summed E-state index contributed by atoms with van der Waals surface area (Å²) in [5, 5.41) is 0.335. The molecule has 0 atom stereocenters. The lowest BCUT2D eigenvalue weighted by atomic mass is 9.79. The van der Waals surface area contributed by atoms with E-state index in [9.17, 15) is 13.2 Å². The van der Waals surface area contributed by atoms with Crippen LogP contribution in [0.3, 0.4) is 0 Å². The van der Waals surface area contributed by atoms with Gasteiger partial charge < -0.3 is 0 Å². The molecule has 3 aromatic rings. The fourth-order valence-corrected chi connectivity index (χ4v) is 4.24. The van der Waals surface area contributed by atoms with Crippen LogP contribution in [-0.2, 0) is 17.0 Å². The summed E-state index contributed by atoms with van der Waals surface area (Å²) in [6.45, 7) is 12.3. The number of rotatable bonds is 2. The molecule has 0 saturated carbocycles. The Hall–Kier alpha value is -2.26. The van der Waals surface area contributed by atoms with Crippen molar-refractivity contribution in [3.05, 3.63) is 82.4 Å². The van der Waals surface area contributed by atoms with Crippen molar-refractivity contribution in [1.29, 1.82) is 0 Å². The summed E-state index contributed by atoms with van der Waals surface area (Å²) in [6, 6.07) is 17.4. The monoisotopic (exact) mass is 444 g/mol. The molecule has 0 N–H and O–H groups in total. The minimum absolute atomic E-state index is 0.252. The fourth-order valence-electron chi connectivity index (χ4n) is 3.92. The molecule has 0 saturated heterocycles. The summed E-state index contributed by atoms with van der Waals surface area (Å²) >= 11 is 6.88. The average molecular weight is 445 g/mol. The third-order valence-electron chi connectivity index (χ3n) is 5.45. The van der Waals surface area contributed by atoms with E-state index < -0.39 is 11.7 Å². The van der Waals surface area contributed by atoms with Gasteiger partial charge in [0.25, 0.3) is 0 Å². The fraction of sp³-hybridized carbons (Fsp3) is 0.333. The summed E-state index contributed by atoms with van der Waals surface area (Å²) in [7, 11) is 0. The zero-order valence-electron chi connectivity index (χ0n) is 18.8. The van der Waals surface area contributed by atoms with Gasteiger partial charge in [0.2, 0.25) is 0 Å². The van der Waals surface area contributed by atoms with Crippen LogP contribution in [0.15, 0.2) is 60.7 Å². The molecule has 0 aromatic heterocycles. The van der Waals surface area contributed by atoms with Crippen molar-refractivity contribution in [3.63, 3.8) is 0 Å².